The van der Waals surface area contributed by atoms with E-state index < -0.39 is 14.9 Å². The van der Waals surface area contributed by atoms with Crippen LogP contribution in [0.15, 0.2) is 42.5 Å². The van der Waals surface area contributed by atoms with Crippen LogP contribution in [0.4, 0.5) is 17.1 Å². The smallest absolute Gasteiger partial charge is 0.293 e. The van der Waals surface area contributed by atoms with Crippen molar-refractivity contribution in [1.29, 1.82) is 0 Å². The highest BCUT2D eigenvalue weighted by atomic mass is 32.2. The second-order valence-corrected chi connectivity index (χ2v) is 7.18. The van der Waals surface area contributed by atoms with E-state index in [-0.39, 0.29) is 29.3 Å². The maximum absolute atomic E-state index is 11.4. The van der Waals surface area contributed by atoms with Crippen molar-refractivity contribution in [3.05, 3.63) is 63.7 Å². The van der Waals surface area contributed by atoms with Crippen molar-refractivity contribution in [2.45, 2.75) is 13.5 Å². The minimum absolute atomic E-state index is 0.166. The number of nitrogens with zero attached hydrogens (tertiary/aromatic N) is 1. The number of ketones is 1. The number of hydrogen-bond acceptors (Lipinski definition) is 6. The zero-order valence-corrected chi connectivity index (χ0v) is 14.5. The molecule has 0 aliphatic carbocycles. The monoisotopic (exact) mass is 363 g/mol. The molecule has 2 rings (SSSR count). The molecule has 0 saturated heterocycles. The van der Waals surface area contributed by atoms with Gasteiger partial charge in [-0.15, -0.1) is 0 Å². The van der Waals surface area contributed by atoms with E-state index >= 15 is 0 Å². The largest absolute Gasteiger partial charge is 0.375 e. The predicted molar refractivity (Wildman–Crippen MR) is 95.3 cm³/mol. The van der Waals surface area contributed by atoms with Gasteiger partial charge in [-0.25, -0.2) is 8.42 Å². The Hall–Kier alpha value is -2.94. The number of carbonyl (C=O) groups is 1. The summed E-state index contributed by atoms with van der Waals surface area (Å²) in [7, 11) is -3.44. The first kappa shape index (κ1) is 18.4. The lowest BCUT2D eigenvalue weighted by molar-refractivity contribution is -0.384. The number of anilines is 2. The first-order valence-corrected chi connectivity index (χ1v) is 9.15. The molecule has 2 aromatic rings. The van der Waals surface area contributed by atoms with Crippen LogP contribution in [0.1, 0.15) is 22.8 Å². The highest BCUT2D eigenvalue weighted by molar-refractivity contribution is 7.92. The molecular weight excluding hydrogens is 346 g/mol. The van der Waals surface area contributed by atoms with Crippen molar-refractivity contribution in [3.63, 3.8) is 0 Å². The molecule has 0 heterocycles. The van der Waals surface area contributed by atoms with E-state index in [9.17, 15) is 23.3 Å². The lowest BCUT2D eigenvalue weighted by atomic mass is 10.1. The van der Waals surface area contributed by atoms with Gasteiger partial charge in [-0.1, -0.05) is 18.2 Å². The summed E-state index contributed by atoms with van der Waals surface area (Å²) >= 11 is 0. The first-order chi connectivity index (χ1) is 11.7. The SMILES string of the molecule is CC(=O)c1ccc(NCc2ccccc2NS(C)(=O)=O)c([N+](=O)[O-])c1. The molecule has 8 nitrogen and oxygen atoms in total. The van der Waals surface area contributed by atoms with Gasteiger partial charge >= 0.3 is 0 Å². The van der Waals surface area contributed by atoms with Gasteiger partial charge in [0.05, 0.1) is 16.9 Å². The van der Waals surface area contributed by atoms with E-state index in [0.717, 1.165) is 6.26 Å². The Morgan fingerprint density at radius 1 is 1.16 bits per heavy atom. The Morgan fingerprint density at radius 2 is 1.84 bits per heavy atom. The number of Topliss-reactive ketones (excluding diaryl/α,β-unsaturated/α-hetero) is 1. The van der Waals surface area contributed by atoms with Gasteiger partial charge in [0.1, 0.15) is 5.69 Å². The molecule has 0 aliphatic rings. The highest BCUT2D eigenvalue weighted by Gasteiger charge is 2.16. The fourth-order valence-corrected chi connectivity index (χ4v) is 2.81. The molecular formula is C16H17N3O5S. The van der Waals surface area contributed by atoms with Crippen molar-refractivity contribution in [2.75, 3.05) is 16.3 Å². The number of rotatable bonds is 7. The normalized spacial score (nSPS) is 11.0. The first-order valence-electron chi connectivity index (χ1n) is 7.26. The van der Waals surface area contributed by atoms with Gasteiger partial charge in [0.25, 0.3) is 5.69 Å². The molecule has 0 bridgehead atoms. The molecule has 0 aliphatic heterocycles. The molecule has 0 spiro atoms. The molecule has 2 aromatic carbocycles. The Balaban J connectivity index is 2.28. The van der Waals surface area contributed by atoms with E-state index in [1.165, 1.54) is 25.1 Å². The third-order valence-corrected chi connectivity index (χ3v) is 3.97. The summed E-state index contributed by atoms with van der Waals surface area (Å²) < 4.78 is 25.2. The van der Waals surface area contributed by atoms with Crippen molar-refractivity contribution in [1.82, 2.24) is 0 Å². The number of benzene rings is 2. The molecule has 0 unspecified atom stereocenters. The van der Waals surface area contributed by atoms with E-state index in [4.69, 9.17) is 0 Å². The van der Waals surface area contributed by atoms with Crippen molar-refractivity contribution in [3.8, 4) is 0 Å². The molecule has 0 saturated carbocycles. The number of sulfonamides is 1. The Morgan fingerprint density at radius 3 is 2.44 bits per heavy atom. The van der Waals surface area contributed by atoms with Crippen LogP contribution in [0.5, 0.6) is 0 Å². The van der Waals surface area contributed by atoms with Crippen LogP contribution >= 0.6 is 0 Å². The fourth-order valence-electron chi connectivity index (χ4n) is 2.22. The van der Waals surface area contributed by atoms with E-state index in [2.05, 4.69) is 10.0 Å². The predicted octanol–water partition coefficient (Wildman–Crippen LogP) is 2.78. The summed E-state index contributed by atoms with van der Waals surface area (Å²) in [6.07, 6.45) is 1.04. The van der Waals surface area contributed by atoms with E-state index in [0.29, 0.717) is 11.3 Å². The van der Waals surface area contributed by atoms with Crippen LogP contribution in [0.2, 0.25) is 0 Å². The topological polar surface area (TPSA) is 118 Å². The maximum Gasteiger partial charge on any atom is 0.293 e. The number of para-hydroxylation sites is 1. The molecule has 0 amide bonds. The van der Waals surface area contributed by atoms with Gasteiger partial charge in [0.2, 0.25) is 10.0 Å². The van der Waals surface area contributed by atoms with Crippen LogP contribution in [0.3, 0.4) is 0 Å². The number of hydrogen-bond donors (Lipinski definition) is 2. The average molecular weight is 363 g/mol. The second kappa shape index (κ2) is 7.31. The van der Waals surface area contributed by atoms with Crippen LogP contribution in [-0.2, 0) is 16.6 Å². The summed E-state index contributed by atoms with van der Waals surface area (Å²) in [5.41, 5.74) is 1.28. The summed E-state index contributed by atoms with van der Waals surface area (Å²) in [5, 5.41) is 14.1. The second-order valence-electron chi connectivity index (χ2n) is 5.43. The molecule has 0 fully saturated rings. The van der Waals surface area contributed by atoms with Crippen LogP contribution in [0.25, 0.3) is 0 Å². The number of nitro groups is 1. The third-order valence-electron chi connectivity index (χ3n) is 3.38. The fraction of sp³-hybridized carbons (Fsp3) is 0.188. The zero-order valence-electron chi connectivity index (χ0n) is 13.6. The van der Waals surface area contributed by atoms with Gasteiger partial charge < -0.3 is 5.32 Å². The van der Waals surface area contributed by atoms with Crippen LogP contribution in [-0.4, -0.2) is 25.4 Å². The van der Waals surface area contributed by atoms with Gasteiger partial charge in [0.15, 0.2) is 5.78 Å². The lowest BCUT2D eigenvalue weighted by Gasteiger charge is -2.12. The highest BCUT2D eigenvalue weighted by Crippen LogP contribution is 2.27. The van der Waals surface area contributed by atoms with Crippen molar-refractivity contribution >= 4 is 32.9 Å². The third kappa shape index (κ3) is 5.01. The van der Waals surface area contributed by atoms with Gasteiger partial charge in [-0.05, 0) is 30.7 Å². The standard InChI is InChI=1S/C16H17N3O5S/c1-11(20)12-7-8-15(16(9-12)19(21)22)17-10-13-5-3-4-6-14(13)18-25(2,23)24/h3-9,17-18H,10H2,1-2H3. The molecule has 9 heteroatoms. The minimum Gasteiger partial charge on any atom is -0.375 e. The van der Waals surface area contributed by atoms with E-state index in [1.807, 2.05) is 0 Å². The Kier molecular flexibility index (Phi) is 5.38. The van der Waals surface area contributed by atoms with Crippen LogP contribution in [0, 0.1) is 10.1 Å². The summed E-state index contributed by atoms with van der Waals surface area (Å²) in [6.45, 7) is 1.50. The quantitative estimate of drug-likeness (QED) is 0.443. The Bertz CT molecular complexity index is 925. The van der Waals surface area contributed by atoms with Gasteiger partial charge in [0, 0.05) is 18.2 Å². The zero-order chi connectivity index (χ0) is 18.6. The molecule has 2 N–H and O–H groups in total. The number of nitrogens with one attached hydrogen (secondary N) is 2. The molecule has 0 atom stereocenters. The summed E-state index contributed by atoms with van der Waals surface area (Å²) in [6, 6.07) is 10.9. The van der Waals surface area contributed by atoms with Crippen molar-refractivity contribution in [2.24, 2.45) is 0 Å². The average Bonchev–Trinajstić information content (AvgIpc) is 2.52. The summed E-state index contributed by atoms with van der Waals surface area (Å²) in [5.74, 6) is -0.266. The van der Waals surface area contributed by atoms with Gasteiger partial charge in [-0.3, -0.25) is 19.6 Å². The molecule has 25 heavy (non-hydrogen) atoms. The Labute approximate surface area is 145 Å². The van der Waals surface area contributed by atoms with Gasteiger partial charge in [-0.2, -0.15) is 0 Å². The molecule has 0 aromatic heterocycles. The maximum atomic E-state index is 11.4. The van der Waals surface area contributed by atoms with Crippen LogP contribution < -0.4 is 10.0 Å². The lowest BCUT2D eigenvalue weighted by Crippen LogP contribution is -2.12. The van der Waals surface area contributed by atoms with E-state index in [1.54, 1.807) is 24.3 Å². The molecule has 132 valence electrons. The molecule has 0 radical (unpaired) electrons. The van der Waals surface area contributed by atoms with Crippen molar-refractivity contribution < 1.29 is 18.1 Å². The minimum atomic E-state index is -3.44. The summed E-state index contributed by atoms with van der Waals surface area (Å²) in [4.78, 5) is 22.0. The number of carbonyl (C=O) groups excluding carboxylic acids is 1. The number of nitro benzene ring substituents is 1.